The molecule has 0 saturated heterocycles. The highest BCUT2D eigenvalue weighted by atomic mass is 32.2. The van der Waals surface area contributed by atoms with Gasteiger partial charge in [0.1, 0.15) is 11.6 Å². The third-order valence-corrected chi connectivity index (χ3v) is 9.16. The third-order valence-electron chi connectivity index (χ3n) is 7.15. The molecule has 0 aliphatic heterocycles. The molecule has 0 aliphatic rings. The molecule has 1 atom stereocenters. The molecule has 0 bridgehead atoms. The molecule has 0 aliphatic carbocycles. The average molecular weight is 662 g/mol. The van der Waals surface area contributed by atoms with Crippen LogP contribution in [0.25, 0.3) is 11.1 Å². The first-order valence-electron chi connectivity index (χ1n) is 14.5. The molecule has 9 nitrogen and oxygen atoms in total. The molecule has 3 amide bonds. The van der Waals surface area contributed by atoms with Crippen molar-refractivity contribution in [3.63, 3.8) is 0 Å². The van der Waals surface area contributed by atoms with Crippen molar-refractivity contribution in [2.45, 2.75) is 51.0 Å². The van der Waals surface area contributed by atoms with Crippen molar-refractivity contribution >= 4 is 40.4 Å². The van der Waals surface area contributed by atoms with Gasteiger partial charge in [0.25, 0.3) is 15.9 Å². The number of hydrogen-bond donors (Lipinski definition) is 3. The topological polar surface area (TPSA) is 124 Å². The maximum atomic E-state index is 15.4. The Morgan fingerprint density at radius 1 is 0.933 bits per heavy atom. The van der Waals surface area contributed by atoms with E-state index in [-0.39, 0.29) is 82.5 Å². The van der Waals surface area contributed by atoms with Crippen molar-refractivity contribution in [3.05, 3.63) is 89.5 Å². The molecular formula is C32H37F2N3O6S2. The Balaban J connectivity index is 1.76. The second-order valence-electron chi connectivity index (χ2n) is 10.3. The lowest BCUT2D eigenvalue weighted by Gasteiger charge is -2.24. The predicted octanol–water partition coefficient (Wildman–Crippen LogP) is 4.98. The Kier molecular flexibility index (Phi) is 13.1. The fraction of sp³-hybridized carbons (Fsp3) is 0.344. The second-order valence-corrected chi connectivity index (χ2v) is 12.4. The van der Waals surface area contributed by atoms with E-state index in [9.17, 15) is 32.4 Å². The number of nitrogens with one attached hydrogen (secondary N) is 1. The van der Waals surface area contributed by atoms with Gasteiger partial charge in [0.15, 0.2) is 0 Å². The van der Waals surface area contributed by atoms with E-state index in [0.717, 1.165) is 6.07 Å². The molecule has 0 fully saturated rings. The van der Waals surface area contributed by atoms with Gasteiger partial charge in [0.05, 0.1) is 10.8 Å². The maximum Gasteiger partial charge on any atom is 0.289 e. The molecule has 13 heteroatoms. The minimum absolute atomic E-state index is 0.0710. The Morgan fingerprint density at radius 3 is 2.27 bits per heavy atom. The van der Waals surface area contributed by atoms with Gasteiger partial charge in [-0.3, -0.25) is 19.6 Å². The van der Waals surface area contributed by atoms with Crippen LogP contribution < -0.4 is 5.32 Å². The fourth-order valence-electron chi connectivity index (χ4n) is 4.63. The zero-order valence-electron chi connectivity index (χ0n) is 25.1. The lowest BCUT2D eigenvalue weighted by molar-refractivity contribution is -0.145. The highest BCUT2D eigenvalue weighted by molar-refractivity contribution is 7.89. The van der Waals surface area contributed by atoms with Gasteiger partial charge in [-0.2, -0.15) is 21.0 Å². The number of amides is 3. The van der Waals surface area contributed by atoms with E-state index in [1.165, 1.54) is 54.3 Å². The van der Waals surface area contributed by atoms with Crippen molar-refractivity contribution < 1.29 is 36.8 Å². The predicted molar refractivity (Wildman–Crippen MR) is 169 cm³/mol. The van der Waals surface area contributed by atoms with Crippen LogP contribution >= 0.6 is 12.6 Å². The summed E-state index contributed by atoms with van der Waals surface area (Å²) in [7, 11) is -4.63. The largest absolute Gasteiger partial charge is 0.354 e. The average Bonchev–Trinajstić information content (AvgIpc) is 3.03. The van der Waals surface area contributed by atoms with Crippen LogP contribution in [0.2, 0.25) is 0 Å². The molecule has 2 N–H and O–H groups in total. The Morgan fingerprint density at radius 2 is 1.62 bits per heavy atom. The van der Waals surface area contributed by atoms with Crippen molar-refractivity contribution in [2.75, 3.05) is 18.8 Å². The van der Waals surface area contributed by atoms with E-state index in [1.807, 2.05) is 6.92 Å². The number of thiol groups is 1. The second kappa shape index (κ2) is 16.5. The fourth-order valence-corrected chi connectivity index (χ4v) is 6.23. The molecule has 0 heterocycles. The summed E-state index contributed by atoms with van der Waals surface area (Å²) in [5.74, 6) is -3.14. The van der Waals surface area contributed by atoms with E-state index in [1.54, 1.807) is 18.2 Å². The van der Waals surface area contributed by atoms with Gasteiger partial charge >= 0.3 is 0 Å². The SMILES string of the molecule is CCCC(=O)N(CCNC(=O)C(CS)Cc1ccccc1F)Cc1ccc(-c2ccccc2S(=O)(=O)N(O)C(=O)CC)cc1F. The minimum Gasteiger partial charge on any atom is -0.354 e. The molecular weight excluding hydrogens is 624 g/mol. The van der Waals surface area contributed by atoms with Gasteiger partial charge < -0.3 is 10.2 Å². The highest BCUT2D eigenvalue weighted by Crippen LogP contribution is 2.31. The molecule has 242 valence electrons. The van der Waals surface area contributed by atoms with Gasteiger partial charge in [0.2, 0.25) is 11.8 Å². The summed E-state index contributed by atoms with van der Waals surface area (Å²) in [6.45, 7) is 3.29. The zero-order chi connectivity index (χ0) is 33.1. The van der Waals surface area contributed by atoms with E-state index in [0.29, 0.717) is 12.0 Å². The van der Waals surface area contributed by atoms with Crippen molar-refractivity contribution in [1.29, 1.82) is 0 Å². The lowest BCUT2D eigenvalue weighted by Crippen LogP contribution is -2.41. The molecule has 0 radical (unpaired) electrons. The van der Waals surface area contributed by atoms with Crippen LogP contribution in [0.4, 0.5) is 8.78 Å². The third kappa shape index (κ3) is 9.12. The Hall–Kier alpha value is -3.81. The van der Waals surface area contributed by atoms with Gasteiger partial charge in [-0.25, -0.2) is 8.78 Å². The molecule has 0 saturated carbocycles. The summed E-state index contributed by atoms with van der Waals surface area (Å²) < 4.78 is 55.1. The number of hydrogen-bond acceptors (Lipinski definition) is 7. The summed E-state index contributed by atoms with van der Waals surface area (Å²) in [6, 6.07) is 15.8. The molecule has 45 heavy (non-hydrogen) atoms. The number of hydroxylamine groups is 1. The molecule has 3 aromatic carbocycles. The Bertz CT molecular complexity index is 1620. The van der Waals surface area contributed by atoms with Gasteiger partial charge in [-0.05, 0) is 42.2 Å². The normalized spacial score (nSPS) is 12.0. The molecule has 0 spiro atoms. The first-order valence-corrected chi connectivity index (χ1v) is 16.6. The van der Waals surface area contributed by atoms with Crippen LogP contribution in [0.3, 0.4) is 0 Å². The number of carbonyl (C=O) groups is 3. The van der Waals surface area contributed by atoms with E-state index >= 15 is 4.39 Å². The first-order chi connectivity index (χ1) is 21.4. The van der Waals surface area contributed by atoms with Crippen molar-refractivity contribution in [3.8, 4) is 11.1 Å². The molecule has 0 aromatic heterocycles. The quantitative estimate of drug-likeness (QED) is 0.120. The smallest absolute Gasteiger partial charge is 0.289 e. The monoisotopic (exact) mass is 661 g/mol. The summed E-state index contributed by atoms with van der Waals surface area (Å²) in [6.07, 6.45) is 0.677. The first kappa shape index (κ1) is 35.7. The Labute approximate surface area is 267 Å². The standard InChI is InChI=1S/C32H37F2N3O6S2/c1-3-9-31(39)36(17-16-35-32(40)25(21-44)18-23-10-5-7-12-27(23)33)20-24-15-14-22(19-28(24)34)26-11-6-8-13-29(26)45(42,43)37(41)30(38)4-2/h5-8,10-15,19,25,41,44H,3-4,9,16-18,20-21H2,1-2H3,(H,35,40). The number of nitrogens with zero attached hydrogens (tertiary/aromatic N) is 2. The van der Waals surface area contributed by atoms with Crippen LogP contribution in [0, 0.1) is 17.6 Å². The number of sulfonamides is 1. The van der Waals surface area contributed by atoms with E-state index < -0.39 is 33.5 Å². The number of rotatable bonds is 15. The highest BCUT2D eigenvalue weighted by Gasteiger charge is 2.30. The van der Waals surface area contributed by atoms with Gasteiger partial charge in [-0.15, -0.1) is 4.47 Å². The summed E-state index contributed by atoms with van der Waals surface area (Å²) >= 11 is 4.25. The van der Waals surface area contributed by atoms with Crippen molar-refractivity contribution in [2.24, 2.45) is 5.92 Å². The van der Waals surface area contributed by atoms with Crippen molar-refractivity contribution in [1.82, 2.24) is 14.7 Å². The summed E-state index contributed by atoms with van der Waals surface area (Å²) in [4.78, 5) is 38.7. The zero-order valence-corrected chi connectivity index (χ0v) is 26.8. The van der Waals surface area contributed by atoms with Crippen LogP contribution in [-0.4, -0.2) is 59.6 Å². The molecule has 3 aromatic rings. The van der Waals surface area contributed by atoms with Crippen LogP contribution in [0.1, 0.15) is 44.2 Å². The van der Waals surface area contributed by atoms with Crippen LogP contribution in [-0.2, 0) is 37.4 Å². The minimum atomic E-state index is -4.63. The summed E-state index contributed by atoms with van der Waals surface area (Å²) in [5.41, 5.74) is 0.808. The van der Waals surface area contributed by atoms with Gasteiger partial charge in [0, 0.05) is 49.4 Å². The summed E-state index contributed by atoms with van der Waals surface area (Å²) in [5, 5.41) is 12.8. The van der Waals surface area contributed by atoms with E-state index in [2.05, 4.69) is 17.9 Å². The number of carbonyl (C=O) groups excluding carboxylic acids is 3. The van der Waals surface area contributed by atoms with Crippen LogP contribution in [0.5, 0.6) is 0 Å². The van der Waals surface area contributed by atoms with E-state index in [4.69, 9.17) is 0 Å². The van der Waals surface area contributed by atoms with Crippen LogP contribution in [0.15, 0.2) is 71.6 Å². The lowest BCUT2D eigenvalue weighted by atomic mass is 9.99. The number of halogens is 2. The van der Waals surface area contributed by atoms with Gasteiger partial charge in [-0.1, -0.05) is 62.4 Å². The number of benzene rings is 3. The molecule has 3 rings (SSSR count). The maximum absolute atomic E-state index is 15.4. The molecule has 1 unspecified atom stereocenters.